The van der Waals surface area contributed by atoms with Gasteiger partial charge >= 0.3 is 0 Å². The van der Waals surface area contributed by atoms with E-state index in [9.17, 15) is 9.59 Å². The van der Waals surface area contributed by atoms with E-state index < -0.39 is 0 Å². The zero-order valence-corrected chi connectivity index (χ0v) is 16.8. The van der Waals surface area contributed by atoms with Crippen molar-refractivity contribution in [1.29, 1.82) is 0 Å². The molecule has 1 aliphatic rings. The standard InChI is InChI=1S/C21H15ClN4O2S/c1-12(27)24-15-5-7-18(16(22)11-15)25-21-26-20(28)19(29-21)10-13-4-6-17-14(9-13)3-2-8-23-17/h2-11H,1H3,(H,24,27)(H,25,26,28)/b19-10-. The summed E-state index contributed by atoms with van der Waals surface area (Å²) in [5, 5.41) is 7.58. The molecule has 0 radical (unpaired) electrons. The van der Waals surface area contributed by atoms with E-state index in [2.05, 4.69) is 20.6 Å². The molecule has 0 saturated heterocycles. The minimum Gasteiger partial charge on any atom is -0.333 e. The van der Waals surface area contributed by atoms with Gasteiger partial charge in [0.15, 0.2) is 5.17 Å². The summed E-state index contributed by atoms with van der Waals surface area (Å²) < 4.78 is 0. The number of halogens is 1. The van der Waals surface area contributed by atoms with E-state index in [0.717, 1.165) is 16.5 Å². The van der Waals surface area contributed by atoms with Crippen molar-refractivity contribution in [3.63, 3.8) is 0 Å². The topological polar surface area (TPSA) is 83.5 Å². The van der Waals surface area contributed by atoms with Crippen LogP contribution >= 0.6 is 23.4 Å². The van der Waals surface area contributed by atoms with E-state index in [1.54, 1.807) is 30.5 Å². The van der Waals surface area contributed by atoms with Crippen molar-refractivity contribution >= 4 is 68.7 Å². The molecule has 2 N–H and O–H groups in total. The van der Waals surface area contributed by atoms with Crippen molar-refractivity contribution in [2.75, 3.05) is 10.6 Å². The van der Waals surface area contributed by atoms with E-state index >= 15 is 0 Å². The Morgan fingerprint density at radius 3 is 2.83 bits per heavy atom. The van der Waals surface area contributed by atoms with E-state index in [1.165, 1.54) is 18.7 Å². The summed E-state index contributed by atoms with van der Waals surface area (Å²) in [4.78, 5) is 32.3. The number of hydrogen-bond acceptors (Lipinski definition) is 5. The van der Waals surface area contributed by atoms with Gasteiger partial charge in [-0.1, -0.05) is 23.7 Å². The third-order valence-corrected chi connectivity index (χ3v) is 5.29. The van der Waals surface area contributed by atoms with Crippen molar-refractivity contribution in [2.45, 2.75) is 6.92 Å². The van der Waals surface area contributed by atoms with Crippen molar-refractivity contribution in [2.24, 2.45) is 4.99 Å². The number of rotatable bonds is 3. The van der Waals surface area contributed by atoms with Crippen LogP contribution < -0.4 is 10.6 Å². The van der Waals surface area contributed by atoms with Crippen molar-refractivity contribution in [3.8, 4) is 0 Å². The molecule has 29 heavy (non-hydrogen) atoms. The summed E-state index contributed by atoms with van der Waals surface area (Å²) in [5.41, 5.74) is 2.99. The number of carbonyl (C=O) groups is 2. The first-order chi connectivity index (χ1) is 14.0. The highest BCUT2D eigenvalue weighted by Crippen LogP contribution is 2.32. The summed E-state index contributed by atoms with van der Waals surface area (Å²) in [6, 6.07) is 14.7. The van der Waals surface area contributed by atoms with Crippen LogP contribution in [-0.2, 0) is 9.59 Å². The van der Waals surface area contributed by atoms with Gasteiger partial charge in [-0.05, 0) is 59.8 Å². The average molecular weight is 423 g/mol. The van der Waals surface area contributed by atoms with Gasteiger partial charge in [0.05, 0.1) is 21.1 Å². The summed E-state index contributed by atoms with van der Waals surface area (Å²) >= 11 is 7.51. The molecular weight excluding hydrogens is 408 g/mol. The maximum absolute atomic E-state index is 12.3. The Morgan fingerprint density at radius 2 is 2.03 bits per heavy atom. The van der Waals surface area contributed by atoms with Gasteiger partial charge in [-0.15, -0.1) is 0 Å². The zero-order chi connectivity index (χ0) is 20.4. The molecule has 0 fully saturated rings. The van der Waals surface area contributed by atoms with Crippen LogP contribution in [0.3, 0.4) is 0 Å². The summed E-state index contributed by atoms with van der Waals surface area (Å²) in [7, 11) is 0. The number of amidine groups is 1. The molecule has 1 aromatic heterocycles. The number of aliphatic imine (C=N–C) groups is 1. The Hall–Kier alpha value is -3.16. The molecule has 1 aliphatic heterocycles. The highest BCUT2D eigenvalue weighted by atomic mass is 35.5. The number of pyridine rings is 1. The predicted octanol–water partition coefficient (Wildman–Crippen LogP) is 4.93. The molecule has 0 unspecified atom stereocenters. The van der Waals surface area contributed by atoms with Crippen molar-refractivity contribution < 1.29 is 9.59 Å². The van der Waals surface area contributed by atoms with Gasteiger partial charge in [-0.3, -0.25) is 14.6 Å². The third kappa shape index (κ3) is 4.47. The van der Waals surface area contributed by atoms with Crippen LogP contribution in [0.1, 0.15) is 12.5 Å². The number of benzene rings is 2. The molecule has 0 saturated carbocycles. The minimum absolute atomic E-state index is 0.178. The second-order valence-electron chi connectivity index (χ2n) is 6.29. The fourth-order valence-electron chi connectivity index (χ4n) is 2.81. The van der Waals surface area contributed by atoms with E-state index in [0.29, 0.717) is 26.5 Å². The molecule has 0 atom stereocenters. The molecule has 8 heteroatoms. The lowest BCUT2D eigenvalue weighted by atomic mass is 10.1. The fourth-order valence-corrected chi connectivity index (χ4v) is 3.86. The number of carbonyl (C=O) groups excluding carboxylic acids is 2. The molecule has 144 valence electrons. The van der Waals surface area contributed by atoms with Crippen LogP contribution in [0.2, 0.25) is 5.02 Å². The monoisotopic (exact) mass is 422 g/mol. The first kappa shape index (κ1) is 19.2. The van der Waals surface area contributed by atoms with E-state index in [4.69, 9.17) is 11.6 Å². The molecule has 4 rings (SSSR count). The predicted molar refractivity (Wildman–Crippen MR) is 119 cm³/mol. The summed E-state index contributed by atoms with van der Waals surface area (Å²) in [6.45, 7) is 1.43. The average Bonchev–Trinajstić information content (AvgIpc) is 3.02. The molecule has 3 aromatic rings. The first-order valence-corrected chi connectivity index (χ1v) is 9.89. The van der Waals surface area contributed by atoms with Gasteiger partial charge in [0, 0.05) is 24.2 Å². The Kier molecular flexibility index (Phi) is 5.33. The molecule has 2 aromatic carbocycles. The smallest absolute Gasteiger partial charge is 0.286 e. The second-order valence-corrected chi connectivity index (χ2v) is 7.73. The molecule has 0 spiro atoms. The number of fused-ring (bicyclic) bond motifs is 1. The Labute approximate surface area is 176 Å². The number of nitrogens with one attached hydrogen (secondary N) is 2. The number of amides is 2. The number of thioether (sulfide) groups is 1. The van der Waals surface area contributed by atoms with Crippen LogP contribution in [0.5, 0.6) is 0 Å². The summed E-state index contributed by atoms with van der Waals surface area (Å²) in [6.07, 6.45) is 3.55. The Balaban J connectivity index is 1.50. The fraction of sp³-hybridized carbons (Fsp3) is 0.0476. The van der Waals surface area contributed by atoms with Crippen LogP contribution in [0, 0.1) is 0 Å². The maximum Gasteiger partial charge on any atom is 0.286 e. The largest absolute Gasteiger partial charge is 0.333 e. The lowest BCUT2D eigenvalue weighted by Crippen LogP contribution is -2.08. The molecule has 2 amide bonds. The highest BCUT2D eigenvalue weighted by molar-refractivity contribution is 8.18. The van der Waals surface area contributed by atoms with E-state index in [-0.39, 0.29) is 11.8 Å². The molecule has 2 heterocycles. The van der Waals surface area contributed by atoms with Gasteiger partial charge < -0.3 is 10.6 Å². The first-order valence-electron chi connectivity index (χ1n) is 8.69. The van der Waals surface area contributed by atoms with Gasteiger partial charge in [0.1, 0.15) is 0 Å². The second kappa shape index (κ2) is 8.06. The number of nitrogens with zero attached hydrogens (tertiary/aromatic N) is 2. The molecule has 6 nitrogen and oxygen atoms in total. The van der Waals surface area contributed by atoms with Gasteiger partial charge in [0.2, 0.25) is 5.91 Å². The quantitative estimate of drug-likeness (QED) is 0.585. The lowest BCUT2D eigenvalue weighted by molar-refractivity contribution is -0.114. The lowest BCUT2D eigenvalue weighted by Gasteiger charge is -2.09. The number of aromatic nitrogens is 1. The Morgan fingerprint density at radius 1 is 1.17 bits per heavy atom. The Bertz CT molecular complexity index is 1210. The SMILES string of the molecule is CC(=O)Nc1ccc(NC2=NC(=O)/C(=C/c3ccc4ncccc4c3)S2)c(Cl)c1. The van der Waals surface area contributed by atoms with Gasteiger partial charge in [-0.2, -0.15) is 4.99 Å². The highest BCUT2D eigenvalue weighted by Gasteiger charge is 2.22. The molecule has 0 bridgehead atoms. The molecular formula is C21H15ClN4O2S. The zero-order valence-electron chi connectivity index (χ0n) is 15.3. The molecule has 0 aliphatic carbocycles. The van der Waals surface area contributed by atoms with E-state index in [1.807, 2.05) is 30.3 Å². The van der Waals surface area contributed by atoms with Crippen molar-refractivity contribution in [1.82, 2.24) is 4.98 Å². The number of hydrogen-bond donors (Lipinski definition) is 2. The van der Waals surface area contributed by atoms with Crippen LogP contribution in [0.25, 0.3) is 17.0 Å². The minimum atomic E-state index is -0.310. The van der Waals surface area contributed by atoms with Crippen LogP contribution in [0.15, 0.2) is 64.6 Å². The normalized spacial score (nSPS) is 14.9. The van der Waals surface area contributed by atoms with Gasteiger partial charge in [0.25, 0.3) is 5.91 Å². The van der Waals surface area contributed by atoms with Crippen LogP contribution in [0.4, 0.5) is 11.4 Å². The van der Waals surface area contributed by atoms with Gasteiger partial charge in [-0.25, -0.2) is 0 Å². The van der Waals surface area contributed by atoms with Crippen LogP contribution in [-0.4, -0.2) is 22.0 Å². The number of anilines is 2. The summed E-state index contributed by atoms with van der Waals surface area (Å²) in [5.74, 6) is -0.489. The van der Waals surface area contributed by atoms with Crippen molar-refractivity contribution in [3.05, 3.63) is 70.2 Å². The third-order valence-electron chi connectivity index (χ3n) is 4.08. The maximum atomic E-state index is 12.3.